The second-order valence-electron chi connectivity index (χ2n) is 7.78. The summed E-state index contributed by atoms with van der Waals surface area (Å²) in [5.41, 5.74) is 7.92. The summed E-state index contributed by atoms with van der Waals surface area (Å²) in [6.45, 7) is 3.93. The van der Waals surface area contributed by atoms with E-state index in [1.165, 1.54) is 12.1 Å². The Morgan fingerprint density at radius 1 is 1.03 bits per heavy atom. The molecule has 0 bridgehead atoms. The van der Waals surface area contributed by atoms with Crippen LogP contribution in [0.2, 0.25) is 5.02 Å². The first-order valence-corrected chi connectivity index (χ1v) is 12.0. The van der Waals surface area contributed by atoms with Gasteiger partial charge < -0.3 is 4.57 Å². The van der Waals surface area contributed by atoms with Crippen LogP contribution in [0.5, 0.6) is 0 Å². The van der Waals surface area contributed by atoms with Crippen molar-refractivity contribution in [1.82, 2.24) is 9.99 Å². The first-order valence-electron chi connectivity index (χ1n) is 10.7. The Balaban J connectivity index is 1.36. The van der Waals surface area contributed by atoms with E-state index < -0.39 is 0 Å². The number of carbonyl (C=O) groups is 1. The molecule has 1 amide bonds. The van der Waals surface area contributed by atoms with Crippen LogP contribution in [-0.4, -0.2) is 16.7 Å². The van der Waals surface area contributed by atoms with Gasteiger partial charge in [-0.2, -0.15) is 5.10 Å². The van der Waals surface area contributed by atoms with E-state index in [-0.39, 0.29) is 11.7 Å². The first kappa shape index (κ1) is 23.8. The molecule has 0 saturated carbocycles. The number of aromatic nitrogens is 1. The average Bonchev–Trinajstić information content (AvgIpc) is 3.12. The number of hydrazone groups is 1. The second-order valence-corrected chi connectivity index (χ2v) is 9.26. The van der Waals surface area contributed by atoms with Crippen molar-refractivity contribution in [1.29, 1.82) is 0 Å². The second kappa shape index (κ2) is 10.7. The van der Waals surface area contributed by atoms with Crippen LogP contribution in [0.3, 0.4) is 0 Å². The van der Waals surface area contributed by atoms with Gasteiger partial charge in [0.05, 0.1) is 6.21 Å². The number of thioether (sulfide) groups is 1. The van der Waals surface area contributed by atoms with Gasteiger partial charge >= 0.3 is 0 Å². The minimum atomic E-state index is -0.277. The quantitative estimate of drug-likeness (QED) is 0.173. The van der Waals surface area contributed by atoms with Gasteiger partial charge in [0.15, 0.2) is 0 Å². The Labute approximate surface area is 207 Å². The summed E-state index contributed by atoms with van der Waals surface area (Å²) < 4.78 is 15.3. The molecule has 0 aliphatic carbocycles. The summed E-state index contributed by atoms with van der Waals surface area (Å²) in [6.07, 6.45) is 1.62. The van der Waals surface area contributed by atoms with E-state index in [1.54, 1.807) is 42.2 Å². The van der Waals surface area contributed by atoms with E-state index in [4.69, 9.17) is 11.6 Å². The van der Waals surface area contributed by atoms with Gasteiger partial charge in [-0.25, -0.2) is 9.82 Å². The van der Waals surface area contributed by atoms with Crippen LogP contribution in [0.25, 0.3) is 5.69 Å². The third kappa shape index (κ3) is 5.76. The summed E-state index contributed by atoms with van der Waals surface area (Å²) in [4.78, 5) is 13.6. The lowest BCUT2D eigenvalue weighted by Crippen LogP contribution is -2.17. The van der Waals surface area contributed by atoms with Crippen molar-refractivity contribution in [2.75, 3.05) is 0 Å². The molecule has 4 rings (SSSR count). The van der Waals surface area contributed by atoms with E-state index in [9.17, 15) is 9.18 Å². The monoisotopic (exact) mass is 491 g/mol. The maximum Gasteiger partial charge on any atom is 0.271 e. The number of halogens is 2. The van der Waals surface area contributed by atoms with Gasteiger partial charge in [0.25, 0.3) is 5.91 Å². The van der Waals surface area contributed by atoms with Gasteiger partial charge in [-0.15, -0.1) is 11.8 Å². The lowest BCUT2D eigenvalue weighted by molar-refractivity contribution is 0.0955. The molecule has 0 radical (unpaired) electrons. The molecule has 7 heteroatoms. The number of nitrogens with zero attached hydrogens (tertiary/aromatic N) is 2. The normalized spacial score (nSPS) is 11.2. The zero-order chi connectivity index (χ0) is 24.1. The summed E-state index contributed by atoms with van der Waals surface area (Å²) >= 11 is 7.63. The number of hydrogen-bond donors (Lipinski definition) is 1. The van der Waals surface area contributed by atoms with Crippen molar-refractivity contribution in [3.8, 4) is 5.69 Å². The number of hydrogen-bond acceptors (Lipinski definition) is 3. The third-order valence-corrected chi connectivity index (χ3v) is 6.70. The Hall–Kier alpha value is -3.35. The van der Waals surface area contributed by atoms with Gasteiger partial charge in [-0.3, -0.25) is 4.79 Å². The lowest BCUT2D eigenvalue weighted by atomic mass is 10.1. The molecule has 0 fully saturated rings. The van der Waals surface area contributed by atoms with Gasteiger partial charge in [-0.1, -0.05) is 23.7 Å². The smallest absolute Gasteiger partial charge is 0.271 e. The summed E-state index contributed by atoms with van der Waals surface area (Å²) in [6, 6.07) is 23.5. The van der Waals surface area contributed by atoms with Crippen LogP contribution in [-0.2, 0) is 5.75 Å². The topological polar surface area (TPSA) is 46.4 Å². The Bertz CT molecular complexity index is 1310. The minimum Gasteiger partial charge on any atom is -0.318 e. The Kier molecular flexibility index (Phi) is 7.50. The molecule has 4 nitrogen and oxygen atoms in total. The molecule has 0 spiro atoms. The number of rotatable bonds is 7. The summed E-state index contributed by atoms with van der Waals surface area (Å²) in [5, 5.41) is 4.85. The van der Waals surface area contributed by atoms with Crippen LogP contribution in [0.15, 0.2) is 88.9 Å². The zero-order valence-electron chi connectivity index (χ0n) is 18.8. The SMILES string of the molecule is Cc1cc(/C=N\NC(=O)c2ccc(CSc3ccc(Cl)cc3)cc2)c(C)n1-c1ccc(F)cc1. The van der Waals surface area contributed by atoms with Crippen molar-refractivity contribution in [3.05, 3.63) is 118 Å². The number of benzene rings is 3. The molecule has 34 heavy (non-hydrogen) atoms. The molecule has 0 unspecified atom stereocenters. The Morgan fingerprint density at radius 2 is 1.71 bits per heavy atom. The lowest BCUT2D eigenvalue weighted by Gasteiger charge is -2.09. The highest BCUT2D eigenvalue weighted by Crippen LogP contribution is 2.24. The molecule has 1 aromatic heterocycles. The predicted octanol–water partition coefficient (Wildman–Crippen LogP) is 6.94. The van der Waals surface area contributed by atoms with Crippen LogP contribution in [0.4, 0.5) is 4.39 Å². The van der Waals surface area contributed by atoms with E-state index >= 15 is 0 Å². The first-order chi connectivity index (χ1) is 16.4. The molecule has 172 valence electrons. The van der Waals surface area contributed by atoms with Crippen molar-refractivity contribution in [2.24, 2.45) is 5.10 Å². The molecule has 0 aliphatic heterocycles. The fourth-order valence-corrected chi connectivity index (χ4v) is 4.56. The van der Waals surface area contributed by atoms with Crippen LogP contribution < -0.4 is 5.43 Å². The molecule has 0 aliphatic rings. The third-order valence-electron chi connectivity index (χ3n) is 5.36. The molecule has 1 N–H and O–H groups in total. The van der Waals surface area contributed by atoms with Crippen molar-refractivity contribution >= 4 is 35.5 Å². The summed E-state index contributed by atoms with van der Waals surface area (Å²) in [5.74, 6) is 0.246. The maximum atomic E-state index is 13.3. The molecular formula is C27H23ClFN3OS. The van der Waals surface area contributed by atoms with Crippen molar-refractivity contribution < 1.29 is 9.18 Å². The Morgan fingerprint density at radius 3 is 2.38 bits per heavy atom. The standard InChI is InChI=1S/C27H23ClFN3OS/c1-18-15-22(19(2)32(18)25-11-9-24(29)10-12-25)16-30-31-27(33)21-5-3-20(4-6-21)17-34-26-13-7-23(28)8-14-26/h3-16H,17H2,1-2H3,(H,31,33)/b30-16-. The van der Waals surface area contributed by atoms with Crippen LogP contribution >= 0.6 is 23.4 Å². The average molecular weight is 492 g/mol. The largest absolute Gasteiger partial charge is 0.318 e. The number of amides is 1. The molecule has 1 heterocycles. The molecule has 3 aromatic carbocycles. The highest BCUT2D eigenvalue weighted by molar-refractivity contribution is 7.98. The molecule has 0 atom stereocenters. The maximum absolute atomic E-state index is 13.3. The molecular weight excluding hydrogens is 469 g/mol. The van der Waals surface area contributed by atoms with E-state index in [2.05, 4.69) is 10.5 Å². The van der Waals surface area contributed by atoms with Gasteiger partial charge in [0.1, 0.15) is 5.82 Å². The fraction of sp³-hybridized carbons (Fsp3) is 0.111. The molecule has 4 aromatic rings. The highest BCUT2D eigenvalue weighted by atomic mass is 35.5. The van der Waals surface area contributed by atoms with Gasteiger partial charge in [-0.05, 0) is 86.1 Å². The minimum absolute atomic E-state index is 0.274. The van der Waals surface area contributed by atoms with Crippen molar-refractivity contribution in [2.45, 2.75) is 24.5 Å². The summed E-state index contributed by atoms with van der Waals surface area (Å²) in [7, 11) is 0. The van der Waals surface area contributed by atoms with Crippen molar-refractivity contribution in [3.63, 3.8) is 0 Å². The predicted molar refractivity (Wildman–Crippen MR) is 138 cm³/mol. The van der Waals surface area contributed by atoms with Crippen LogP contribution in [0.1, 0.15) is 32.9 Å². The highest BCUT2D eigenvalue weighted by Gasteiger charge is 2.10. The van der Waals surface area contributed by atoms with Gasteiger partial charge in [0, 0.05) is 43.9 Å². The zero-order valence-corrected chi connectivity index (χ0v) is 20.3. The number of nitrogens with one attached hydrogen (secondary N) is 1. The van der Waals surface area contributed by atoms with E-state index in [0.29, 0.717) is 5.56 Å². The van der Waals surface area contributed by atoms with Gasteiger partial charge in [0.2, 0.25) is 0 Å². The van der Waals surface area contributed by atoms with Crippen LogP contribution in [0, 0.1) is 19.7 Å². The fourth-order valence-electron chi connectivity index (χ4n) is 3.58. The van der Waals surface area contributed by atoms with E-state index in [1.807, 2.05) is 60.9 Å². The number of aryl methyl sites for hydroxylation is 1. The van der Waals surface area contributed by atoms with E-state index in [0.717, 1.165) is 43.9 Å². The number of carbonyl (C=O) groups excluding carboxylic acids is 1. The molecule has 0 saturated heterocycles.